The smallest absolute Gasteiger partial charge is 0.225 e. The Balaban J connectivity index is 2.10. The molecular weight excluding hydrogens is 226 g/mol. The lowest BCUT2D eigenvalue weighted by atomic mass is 10.0. The van der Waals surface area contributed by atoms with Crippen LogP contribution in [0.2, 0.25) is 0 Å². The van der Waals surface area contributed by atoms with Crippen LogP contribution in [0.15, 0.2) is 30.3 Å². The molecule has 1 atom stereocenters. The van der Waals surface area contributed by atoms with Crippen LogP contribution in [0.25, 0.3) is 0 Å². The Hall–Kier alpha value is -1.35. The van der Waals surface area contributed by atoms with E-state index in [4.69, 9.17) is 0 Å². The molecule has 1 aliphatic rings. The van der Waals surface area contributed by atoms with Gasteiger partial charge in [0.15, 0.2) is 0 Å². The number of likely N-dealkylation sites (tertiary alicyclic amines) is 1. The van der Waals surface area contributed by atoms with Crippen molar-refractivity contribution < 1.29 is 9.90 Å². The van der Waals surface area contributed by atoms with Crippen molar-refractivity contribution in [2.75, 3.05) is 0 Å². The first-order valence-electron chi connectivity index (χ1n) is 6.72. The van der Waals surface area contributed by atoms with Gasteiger partial charge in [0.25, 0.3) is 0 Å². The fourth-order valence-corrected chi connectivity index (χ4v) is 2.53. The maximum absolute atomic E-state index is 11.9. The van der Waals surface area contributed by atoms with Crippen molar-refractivity contribution in [2.45, 2.75) is 51.3 Å². The van der Waals surface area contributed by atoms with E-state index in [-0.39, 0.29) is 5.91 Å². The number of carbonyl (C=O) groups is 1. The quantitative estimate of drug-likeness (QED) is 0.869. The first-order valence-corrected chi connectivity index (χ1v) is 6.72. The van der Waals surface area contributed by atoms with Crippen molar-refractivity contribution in [1.29, 1.82) is 0 Å². The highest BCUT2D eigenvalue weighted by Crippen LogP contribution is 2.33. The summed E-state index contributed by atoms with van der Waals surface area (Å²) in [6.45, 7) is 2.61. The van der Waals surface area contributed by atoms with E-state index in [1.165, 1.54) is 0 Å². The maximum atomic E-state index is 11.9. The average Bonchev–Trinajstić information content (AvgIpc) is 2.67. The Morgan fingerprint density at radius 3 is 2.72 bits per heavy atom. The summed E-state index contributed by atoms with van der Waals surface area (Å²) in [5.41, 5.74) is 0.144. The number of rotatable bonds is 5. The number of amides is 1. The van der Waals surface area contributed by atoms with E-state index in [1.54, 1.807) is 4.90 Å². The first-order chi connectivity index (χ1) is 8.65. The zero-order valence-electron chi connectivity index (χ0n) is 10.9. The first kappa shape index (κ1) is 13.1. The van der Waals surface area contributed by atoms with Crippen LogP contribution < -0.4 is 0 Å². The van der Waals surface area contributed by atoms with Crippen LogP contribution in [-0.2, 0) is 11.3 Å². The van der Waals surface area contributed by atoms with Gasteiger partial charge >= 0.3 is 0 Å². The molecule has 1 fully saturated rings. The zero-order valence-corrected chi connectivity index (χ0v) is 10.9. The fraction of sp³-hybridized carbons (Fsp3) is 0.533. The summed E-state index contributed by atoms with van der Waals surface area (Å²) >= 11 is 0. The number of nitrogens with zero attached hydrogens (tertiary/aromatic N) is 1. The van der Waals surface area contributed by atoms with Crippen molar-refractivity contribution in [1.82, 2.24) is 4.90 Å². The lowest BCUT2D eigenvalue weighted by Gasteiger charge is -2.34. The topological polar surface area (TPSA) is 40.5 Å². The summed E-state index contributed by atoms with van der Waals surface area (Å²) < 4.78 is 0. The van der Waals surface area contributed by atoms with Gasteiger partial charge in [0.2, 0.25) is 5.91 Å². The van der Waals surface area contributed by atoms with Gasteiger partial charge in [-0.1, -0.05) is 43.7 Å². The van der Waals surface area contributed by atoms with Gasteiger partial charge in [0.1, 0.15) is 5.72 Å². The van der Waals surface area contributed by atoms with E-state index in [0.717, 1.165) is 18.4 Å². The standard InChI is InChI=1S/C15H21NO2/c1-2-3-10-15(18)11-9-14(17)16(15)12-13-7-5-4-6-8-13/h4-8,18H,2-3,9-12H2,1H3. The van der Waals surface area contributed by atoms with Crippen molar-refractivity contribution >= 4 is 5.91 Å². The molecule has 3 heteroatoms. The van der Waals surface area contributed by atoms with Crippen LogP contribution in [0.3, 0.4) is 0 Å². The van der Waals surface area contributed by atoms with Gasteiger partial charge in [0, 0.05) is 19.4 Å². The molecule has 0 aromatic heterocycles. The predicted molar refractivity (Wildman–Crippen MR) is 70.7 cm³/mol. The maximum Gasteiger partial charge on any atom is 0.225 e. The Bertz CT molecular complexity index is 404. The SMILES string of the molecule is CCCCC1(O)CCC(=O)N1Cc1ccccc1. The molecule has 1 saturated heterocycles. The van der Waals surface area contributed by atoms with E-state index in [1.807, 2.05) is 30.3 Å². The second kappa shape index (κ2) is 5.53. The average molecular weight is 247 g/mol. The molecule has 1 heterocycles. The summed E-state index contributed by atoms with van der Waals surface area (Å²) in [6, 6.07) is 9.86. The van der Waals surface area contributed by atoms with E-state index in [2.05, 4.69) is 6.92 Å². The number of carbonyl (C=O) groups excluding carboxylic acids is 1. The van der Waals surface area contributed by atoms with Gasteiger partial charge < -0.3 is 10.0 Å². The number of aliphatic hydroxyl groups is 1. The molecule has 98 valence electrons. The number of benzene rings is 1. The van der Waals surface area contributed by atoms with Crippen molar-refractivity contribution in [2.24, 2.45) is 0 Å². The molecule has 0 saturated carbocycles. The Morgan fingerprint density at radius 1 is 1.33 bits per heavy atom. The minimum Gasteiger partial charge on any atom is -0.371 e. The molecule has 1 aromatic rings. The largest absolute Gasteiger partial charge is 0.371 e. The normalized spacial score (nSPS) is 23.7. The van der Waals surface area contributed by atoms with Gasteiger partial charge in [-0.05, 0) is 18.4 Å². The third kappa shape index (κ3) is 2.72. The highest BCUT2D eigenvalue weighted by Gasteiger charge is 2.42. The minimum atomic E-state index is -0.928. The van der Waals surface area contributed by atoms with Crippen LogP contribution in [-0.4, -0.2) is 21.6 Å². The molecule has 1 unspecified atom stereocenters. The van der Waals surface area contributed by atoms with Crippen LogP contribution in [0, 0.1) is 0 Å². The summed E-state index contributed by atoms with van der Waals surface area (Å²) in [5.74, 6) is 0.0671. The molecular formula is C15H21NO2. The van der Waals surface area contributed by atoms with Crippen LogP contribution in [0.1, 0.15) is 44.6 Å². The molecule has 0 bridgehead atoms. The van der Waals surface area contributed by atoms with Crippen molar-refractivity contribution in [3.8, 4) is 0 Å². The third-order valence-corrected chi connectivity index (χ3v) is 3.66. The number of unbranched alkanes of at least 4 members (excludes halogenated alkanes) is 1. The molecule has 2 rings (SSSR count). The lowest BCUT2D eigenvalue weighted by molar-refractivity contribution is -0.148. The lowest BCUT2D eigenvalue weighted by Crippen LogP contribution is -2.45. The molecule has 1 aliphatic heterocycles. The minimum absolute atomic E-state index is 0.0671. The third-order valence-electron chi connectivity index (χ3n) is 3.66. The van der Waals surface area contributed by atoms with Gasteiger partial charge in [0.05, 0.1) is 0 Å². The molecule has 1 N–H and O–H groups in total. The molecule has 0 aliphatic carbocycles. The van der Waals surface area contributed by atoms with Gasteiger partial charge in [-0.3, -0.25) is 4.79 Å². The predicted octanol–water partition coefficient (Wildman–Crippen LogP) is 2.69. The van der Waals surface area contributed by atoms with Gasteiger partial charge in [-0.25, -0.2) is 0 Å². The summed E-state index contributed by atoms with van der Waals surface area (Å²) in [4.78, 5) is 13.6. The highest BCUT2D eigenvalue weighted by molar-refractivity contribution is 5.79. The number of hydrogen-bond acceptors (Lipinski definition) is 2. The summed E-state index contributed by atoms with van der Waals surface area (Å²) in [5, 5.41) is 10.6. The second-order valence-corrected chi connectivity index (χ2v) is 5.05. The Kier molecular flexibility index (Phi) is 4.02. The van der Waals surface area contributed by atoms with E-state index < -0.39 is 5.72 Å². The molecule has 1 aromatic carbocycles. The molecule has 18 heavy (non-hydrogen) atoms. The summed E-state index contributed by atoms with van der Waals surface area (Å²) in [7, 11) is 0. The van der Waals surface area contributed by atoms with Crippen molar-refractivity contribution in [3.05, 3.63) is 35.9 Å². The zero-order chi connectivity index (χ0) is 13.0. The van der Waals surface area contributed by atoms with Crippen molar-refractivity contribution in [3.63, 3.8) is 0 Å². The van der Waals surface area contributed by atoms with Crippen LogP contribution in [0.5, 0.6) is 0 Å². The van der Waals surface area contributed by atoms with E-state index in [9.17, 15) is 9.90 Å². The fourth-order valence-electron chi connectivity index (χ4n) is 2.53. The van der Waals surface area contributed by atoms with Gasteiger partial charge in [-0.2, -0.15) is 0 Å². The van der Waals surface area contributed by atoms with Crippen LogP contribution in [0.4, 0.5) is 0 Å². The van der Waals surface area contributed by atoms with Crippen LogP contribution >= 0.6 is 0 Å². The highest BCUT2D eigenvalue weighted by atomic mass is 16.3. The Morgan fingerprint density at radius 2 is 2.06 bits per heavy atom. The molecule has 1 amide bonds. The molecule has 0 spiro atoms. The summed E-state index contributed by atoms with van der Waals surface area (Å²) in [6.07, 6.45) is 3.71. The molecule has 3 nitrogen and oxygen atoms in total. The van der Waals surface area contributed by atoms with E-state index >= 15 is 0 Å². The Labute approximate surface area is 108 Å². The number of hydrogen-bond donors (Lipinski definition) is 1. The second-order valence-electron chi connectivity index (χ2n) is 5.05. The monoisotopic (exact) mass is 247 g/mol. The molecule has 0 radical (unpaired) electrons. The van der Waals surface area contributed by atoms with Gasteiger partial charge in [-0.15, -0.1) is 0 Å². The van der Waals surface area contributed by atoms with E-state index in [0.29, 0.717) is 25.8 Å².